The van der Waals surface area contributed by atoms with Crippen LogP contribution in [0.4, 0.5) is 0 Å². The molecule has 7 N–H and O–H groups in total. The molecule has 0 aliphatic heterocycles. The standard InChI is InChI=1S/C9H8O4.C7H9NO2/c10-7-3-1-6(5-8(7)11)2-4-9(12)13;8-4-5-1-2-6(9)7(10)3-5/h1-5,10-11H,(H,12,13);1-3,9-10H,4,8H2. The van der Waals surface area contributed by atoms with Gasteiger partial charge in [0, 0.05) is 12.6 Å². The van der Waals surface area contributed by atoms with Gasteiger partial charge in [-0.1, -0.05) is 12.1 Å². The molecular weight excluding hydrogens is 302 g/mol. The number of phenolic OH excluding ortho intramolecular Hbond substituents is 4. The number of hydrogen-bond donors (Lipinski definition) is 6. The lowest BCUT2D eigenvalue weighted by Gasteiger charge is -1.98. The minimum Gasteiger partial charge on any atom is -0.504 e. The topological polar surface area (TPSA) is 144 Å². The summed E-state index contributed by atoms with van der Waals surface area (Å²) in [6, 6.07) is 8.57. The number of aromatic hydroxyl groups is 4. The molecule has 0 atom stereocenters. The highest BCUT2D eigenvalue weighted by Crippen LogP contribution is 2.25. The summed E-state index contributed by atoms with van der Waals surface area (Å²) >= 11 is 0. The van der Waals surface area contributed by atoms with Gasteiger partial charge in [-0.25, -0.2) is 4.79 Å². The molecule has 0 heterocycles. The fourth-order valence-electron chi connectivity index (χ4n) is 1.51. The average Bonchev–Trinajstić information content (AvgIpc) is 2.52. The summed E-state index contributed by atoms with van der Waals surface area (Å²) in [5.74, 6) is -1.80. The van der Waals surface area contributed by atoms with Gasteiger partial charge < -0.3 is 31.3 Å². The third-order valence-corrected chi connectivity index (χ3v) is 2.69. The summed E-state index contributed by atoms with van der Waals surface area (Å²) < 4.78 is 0. The van der Waals surface area contributed by atoms with E-state index in [1.165, 1.54) is 36.4 Å². The Morgan fingerprint density at radius 2 is 1.48 bits per heavy atom. The average molecular weight is 319 g/mol. The molecule has 0 aliphatic carbocycles. The first kappa shape index (κ1) is 17.9. The Morgan fingerprint density at radius 1 is 0.913 bits per heavy atom. The maximum absolute atomic E-state index is 10.1. The Bertz CT molecular complexity index is 712. The molecule has 0 amide bonds. The van der Waals surface area contributed by atoms with E-state index in [2.05, 4.69) is 0 Å². The maximum Gasteiger partial charge on any atom is 0.328 e. The second-order valence-electron chi connectivity index (χ2n) is 4.45. The highest BCUT2D eigenvalue weighted by molar-refractivity contribution is 5.85. The van der Waals surface area contributed by atoms with Crippen molar-refractivity contribution in [1.29, 1.82) is 0 Å². The van der Waals surface area contributed by atoms with Crippen molar-refractivity contribution in [2.75, 3.05) is 0 Å². The zero-order valence-electron chi connectivity index (χ0n) is 12.0. The fraction of sp³-hybridized carbons (Fsp3) is 0.0625. The summed E-state index contributed by atoms with van der Waals surface area (Å²) in [5.41, 5.74) is 6.59. The van der Waals surface area contributed by atoms with Crippen LogP contribution in [0.15, 0.2) is 42.5 Å². The van der Waals surface area contributed by atoms with Crippen molar-refractivity contribution < 1.29 is 30.3 Å². The van der Waals surface area contributed by atoms with Crippen molar-refractivity contribution in [3.63, 3.8) is 0 Å². The van der Waals surface area contributed by atoms with Gasteiger partial charge in [-0.3, -0.25) is 0 Å². The molecule has 0 bridgehead atoms. The minimum absolute atomic E-state index is 0.114. The van der Waals surface area contributed by atoms with E-state index in [4.69, 9.17) is 31.3 Å². The van der Waals surface area contributed by atoms with Gasteiger partial charge in [-0.15, -0.1) is 0 Å². The number of nitrogens with two attached hydrogens (primary N) is 1. The number of hydrogen-bond acceptors (Lipinski definition) is 6. The largest absolute Gasteiger partial charge is 0.504 e. The number of carbonyl (C=O) groups is 1. The molecule has 7 heteroatoms. The van der Waals surface area contributed by atoms with Crippen molar-refractivity contribution >= 4 is 12.0 Å². The van der Waals surface area contributed by atoms with E-state index in [9.17, 15) is 4.79 Å². The molecule has 0 saturated heterocycles. The first-order valence-electron chi connectivity index (χ1n) is 6.47. The molecule has 0 unspecified atom stereocenters. The first-order chi connectivity index (χ1) is 10.8. The molecule has 122 valence electrons. The van der Waals surface area contributed by atoms with Gasteiger partial charge in [0.2, 0.25) is 0 Å². The minimum atomic E-state index is -1.06. The highest BCUT2D eigenvalue weighted by atomic mass is 16.4. The van der Waals surface area contributed by atoms with E-state index in [0.717, 1.165) is 11.6 Å². The molecule has 2 aromatic carbocycles. The Morgan fingerprint density at radius 3 is 1.96 bits per heavy atom. The van der Waals surface area contributed by atoms with Crippen LogP contribution in [-0.4, -0.2) is 31.5 Å². The Balaban J connectivity index is 0.000000238. The zero-order chi connectivity index (χ0) is 17.4. The van der Waals surface area contributed by atoms with E-state index >= 15 is 0 Å². The summed E-state index contributed by atoms with van der Waals surface area (Å²) in [6.45, 7) is 0.369. The molecule has 0 aromatic heterocycles. The van der Waals surface area contributed by atoms with Crippen LogP contribution in [0.1, 0.15) is 11.1 Å². The number of phenols is 4. The van der Waals surface area contributed by atoms with Gasteiger partial charge in [0.1, 0.15) is 0 Å². The van der Waals surface area contributed by atoms with Crippen LogP contribution in [0.25, 0.3) is 6.08 Å². The molecule has 0 saturated carbocycles. The van der Waals surface area contributed by atoms with Crippen molar-refractivity contribution in [3.8, 4) is 23.0 Å². The number of rotatable bonds is 3. The second-order valence-corrected chi connectivity index (χ2v) is 4.45. The maximum atomic E-state index is 10.1. The predicted octanol–water partition coefficient (Wildman–Crippen LogP) is 1.75. The fourth-order valence-corrected chi connectivity index (χ4v) is 1.51. The monoisotopic (exact) mass is 319 g/mol. The van der Waals surface area contributed by atoms with Crippen molar-refractivity contribution in [1.82, 2.24) is 0 Å². The highest BCUT2D eigenvalue weighted by Gasteiger charge is 1.98. The predicted molar refractivity (Wildman–Crippen MR) is 84.1 cm³/mol. The SMILES string of the molecule is NCc1ccc(O)c(O)c1.O=C(O)C=Cc1ccc(O)c(O)c1. The molecule has 2 rings (SSSR count). The van der Waals surface area contributed by atoms with Gasteiger partial charge in [-0.05, 0) is 41.5 Å². The van der Waals surface area contributed by atoms with Crippen molar-refractivity contribution in [2.45, 2.75) is 6.54 Å². The number of aliphatic carboxylic acids is 1. The quantitative estimate of drug-likeness (QED) is 0.373. The zero-order valence-corrected chi connectivity index (χ0v) is 12.0. The summed E-state index contributed by atoms with van der Waals surface area (Å²) in [5, 5.41) is 44.0. The van der Waals surface area contributed by atoms with E-state index < -0.39 is 5.97 Å². The van der Waals surface area contributed by atoms with Crippen LogP contribution >= 0.6 is 0 Å². The van der Waals surface area contributed by atoms with Gasteiger partial charge in [0.25, 0.3) is 0 Å². The smallest absolute Gasteiger partial charge is 0.328 e. The normalized spacial score (nSPS) is 10.1. The first-order valence-corrected chi connectivity index (χ1v) is 6.47. The third kappa shape index (κ3) is 5.98. The molecule has 2 aromatic rings. The summed E-state index contributed by atoms with van der Waals surface area (Å²) in [4.78, 5) is 10.1. The van der Waals surface area contributed by atoms with Crippen LogP contribution in [0.3, 0.4) is 0 Å². The molecule has 7 nitrogen and oxygen atoms in total. The van der Waals surface area contributed by atoms with E-state index in [-0.39, 0.29) is 23.0 Å². The van der Waals surface area contributed by atoms with Crippen LogP contribution < -0.4 is 5.73 Å². The molecular formula is C16H17NO6. The van der Waals surface area contributed by atoms with Crippen LogP contribution in [0.5, 0.6) is 23.0 Å². The Kier molecular flexibility index (Phi) is 6.45. The lowest BCUT2D eigenvalue weighted by atomic mass is 10.2. The molecule has 0 spiro atoms. The Hall–Kier alpha value is -3.19. The lowest BCUT2D eigenvalue weighted by molar-refractivity contribution is -0.131. The van der Waals surface area contributed by atoms with Gasteiger partial charge >= 0.3 is 5.97 Å². The molecule has 23 heavy (non-hydrogen) atoms. The third-order valence-electron chi connectivity index (χ3n) is 2.69. The second kappa shape index (κ2) is 8.30. The van der Waals surface area contributed by atoms with Crippen LogP contribution in [-0.2, 0) is 11.3 Å². The van der Waals surface area contributed by atoms with Gasteiger partial charge in [0.15, 0.2) is 23.0 Å². The van der Waals surface area contributed by atoms with Crippen molar-refractivity contribution in [3.05, 3.63) is 53.6 Å². The number of carboxylic acid groups (broad SMARTS) is 1. The molecule has 0 aliphatic rings. The van der Waals surface area contributed by atoms with Crippen LogP contribution in [0.2, 0.25) is 0 Å². The lowest BCUT2D eigenvalue weighted by Crippen LogP contribution is -1.94. The van der Waals surface area contributed by atoms with Crippen LogP contribution in [0, 0.1) is 0 Å². The van der Waals surface area contributed by atoms with E-state index in [0.29, 0.717) is 12.1 Å². The van der Waals surface area contributed by atoms with Gasteiger partial charge in [0.05, 0.1) is 0 Å². The van der Waals surface area contributed by atoms with E-state index in [1.807, 2.05) is 0 Å². The summed E-state index contributed by atoms with van der Waals surface area (Å²) in [6.07, 6.45) is 2.27. The molecule has 0 fully saturated rings. The van der Waals surface area contributed by atoms with E-state index in [1.54, 1.807) is 6.07 Å². The molecule has 0 radical (unpaired) electrons. The number of benzene rings is 2. The van der Waals surface area contributed by atoms with Gasteiger partial charge in [-0.2, -0.15) is 0 Å². The summed E-state index contributed by atoms with van der Waals surface area (Å²) in [7, 11) is 0. The Labute approximate surface area is 132 Å². The van der Waals surface area contributed by atoms with Crippen molar-refractivity contribution in [2.24, 2.45) is 5.73 Å². The number of carboxylic acids is 1.